The molecule has 0 fully saturated rings. The fraction of sp³-hybridized carbons (Fsp3) is 0.154. The molecule has 100 valence electrons. The van der Waals surface area contributed by atoms with Crippen LogP contribution in [-0.4, -0.2) is 11.6 Å². The highest BCUT2D eigenvalue weighted by atomic mass is 35.5. The fourth-order valence-electron chi connectivity index (χ4n) is 1.50. The van der Waals surface area contributed by atoms with Crippen LogP contribution in [0.4, 0.5) is 14.5 Å². The van der Waals surface area contributed by atoms with E-state index in [2.05, 4.69) is 15.0 Å². The minimum Gasteiger partial charge on any atom is -0.435 e. The standard InChI is InChI=1S/C13H11ClF2N2O/c14-12-11(2-1-7-17-12)18-8-9-3-5-10(6-4-9)19-13(15)16/h1-7,13,18H,8H2. The summed E-state index contributed by atoms with van der Waals surface area (Å²) in [6.45, 7) is -2.29. The van der Waals surface area contributed by atoms with Crippen molar-refractivity contribution >= 4 is 17.3 Å². The van der Waals surface area contributed by atoms with Gasteiger partial charge >= 0.3 is 6.61 Å². The van der Waals surface area contributed by atoms with Gasteiger partial charge in [0.2, 0.25) is 0 Å². The van der Waals surface area contributed by atoms with E-state index in [0.717, 1.165) is 11.3 Å². The molecule has 0 radical (unpaired) electrons. The van der Waals surface area contributed by atoms with Crippen molar-refractivity contribution in [2.24, 2.45) is 0 Å². The van der Waals surface area contributed by atoms with E-state index in [-0.39, 0.29) is 5.75 Å². The molecule has 0 saturated carbocycles. The predicted molar refractivity (Wildman–Crippen MR) is 69.6 cm³/mol. The van der Waals surface area contributed by atoms with Crippen LogP contribution in [0, 0.1) is 0 Å². The number of rotatable bonds is 5. The highest BCUT2D eigenvalue weighted by Crippen LogP contribution is 2.19. The molecule has 0 unspecified atom stereocenters. The normalized spacial score (nSPS) is 10.5. The number of ether oxygens (including phenoxy) is 1. The van der Waals surface area contributed by atoms with E-state index in [1.54, 1.807) is 24.4 Å². The van der Waals surface area contributed by atoms with Crippen LogP contribution in [0.5, 0.6) is 5.75 Å². The van der Waals surface area contributed by atoms with E-state index < -0.39 is 6.61 Å². The summed E-state index contributed by atoms with van der Waals surface area (Å²) in [7, 11) is 0. The molecule has 2 rings (SSSR count). The summed E-state index contributed by atoms with van der Waals surface area (Å²) in [4.78, 5) is 3.94. The quantitative estimate of drug-likeness (QED) is 0.844. The fourth-order valence-corrected chi connectivity index (χ4v) is 1.69. The van der Waals surface area contributed by atoms with Crippen LogP contribution in [0.1, 0.15) is 5.56 Å². The first kappa shape index (κ1) is 13.5. The minimum atomic E-state index is -2.81. The summed E-state index contributed by atoms with van der Waals surface area (Å²) < 4.78 is 28.2. The van der Waals surface area contributed by atoms with Crippen molar-refractivity contribution < 1.29 is 13.5 Å². The third kappa shape index (κ3) is 4.06. The third-order valence-corrected chi connectivity index (χ3v) is 2.69. The molecule has 6 heteroatoms. The summed E-state index contributed by atoms with van der Waals surface area (Å²) in [5.41, 5.74) is 1.64. The van der Waals surface area contributed by atoms with E-state index in [1.807, 2.05) is 6.07 Å². The van der Waals surface area contributed by atoms with Gasteiger partial charge in [-0.25, -0.2) is 4.98 Å². The molecule has 1 N–H and O–H groups in total. The van der Waals surface area contributed by atoms with Crippen LogP contribution in [0.3, 0.4) is 0 Å². The van der Waals surface area contributed by atoms with Crippen LogP contribution in [-0.2, 0) is 6.54 Å². The van der Waals surface area contributed by atoms with E-state index >= 15 is 0 Å². The molecule has 0 bridgehead atoms. The summed E-state index contributed by atoms with van der Waals surface area (Å²) in [5.74, 6) is 0.137. The molecular weight excluding hydrogens is 274 g/mol. The predicted octanol–water partition coefficient (Wildman–Crippen LogP) is 3.95. The maximum atomic E-state index is 12.0. The van der Waals surface area contributed by atoms with Crippen LogP contribution < -0.4 is 10.1 Å². The maximum absolute atomic E-state index is 12.0. The zero-order valence-electron chi connectivity index (χ0n) is 9.82. The van der Waals surface area contributed by atoms with E-state index in [9.17, 15) is 8.78 Å². The molecule has 3 nitrogen and oxygen atoms in total. The Kier molecular flexibility index (Phi) is 4.52. The second kappa shape index (κ2) is 6.33. The lowest BCUT2D eigenvalue weighted by Crippen LogP contribution is -2.03. The van der Waals surface area contributed by atoms with Gasteiger partial charge in [0.15, 0.2) is 5.15 Å². The lowest BCUT2D eigenvalue weighted by molar-refractivity contribution is -0.0498. The molecule has 0 spiro atoms. The van der Waals surface area contributed by atoms with Gasteiger partial charge in [0.25, 0.3) is 0 Å². The van der Waals surface area contributed by atoms with Gasteiger partial charge in [-0.3, -0.25) is 0 Å². The highest BCUT2D eigenvalue weighted by molar-refractivity contribution is 6.31. The molecule has 0 atom stereocenters. The smallest absolute Gasteiger partial charge is 0.387 e. The van der Waals surface area contributed by atoms with Crippen LogP contribution >= 0.6 is 11.6 Å². The Hall–Kier alpha value is -1.88. The molecule has 0 aliphatic carbocycles. The molecule has 2 aromatic rings. The van der Waals surface area contributed by atoms with Gasteiger partial charge in [0.1, 0.15) is 5.75 Å². The Balaban J connectivity index is 1.95. The lowest BCUT2D eigenvalue weighted by atomic mass is 10.2. The molecule has 0 aliphatic heterocycles. The van der Waals surface area contributed by atoms with Gasteiger partial charge < -0.3 is 10.1 Å². The largest absolute Gasteiger partial charge is 0.435 e. The Labute approximate surface area is 114 Å². The summed E-state index contributed by atoms with van der Waals surface area (Å²) >= 11 is 5.90. The monoisotopic (exact) mass is 284 g/mol. The Morgan fingerprint density at radius 1 is 1.21 bits per heavy atom. The van der Waals surface area contributed by atoms with E-state index in [1.165, 1.54) is 12.1 Å². The van der Waals surface area contributed by atoms with Crippen molar-refractivity contribution in [1.29, 1.82) is 0 Å². The van der Waals surface area contributed by atoms with Crippen molar-refractivity contribution in [3.05, 3.63) is 53.3 Å². The second-order valence-corrected chi connectivity index (χ2v) is 4.08. The van der Waals surface area contributed by atoms with Gasteiger partial charge in [-0.2, -0.15) is 8.78 Å². The zero-order valence-corrected chi connectivity index (χ0v) is 10.6. The summed E-state index contributed by atoms with van der Waals surface area (Å²) in [5, 5.41) is 3.50. The van der Waals surface area contributed by atoms with Gasteiger partial charge in [0, 0.05) is 12.7 Å². The highest BCUT2D eigenvalue weighted by Gasteiger charge is 2.04. The number of anilines is 1. The molecule has 19 heavy (non-hydrogen) atoms. The molecule has 1 aromatic heterocycles. The van der Waals surface area contributed by atoms with Gasteiger partial charge in [-0.05, 0) is 29.8 Å². The number of nitrogens with zero attached hydrogens (tertiary/aromatic N) is 1. The molecule has 0 aliphatic rings. The first-order valence-electron chi connectivity index (χ1n) is 5.53. The number of aromatic nitrogens is 1. The van der Waals surface area contributed by atoms with E-state index in [4.69, 9.17) is 11.6 Å². The Morgan fingerprint density at radius 3 is 2.58 bits per heavy atom. The molecular formula is C13H11ClF2N2O. The lowest BCUT2D eigenvalue weighted by Gasteiger charge is -2.08. The topological polar surface area (TPSA) is 34.1 Å². The SMILES string of the molecule is FC(F)Oc1ccc(CNc2cccnc2Cl)cc1. The van der Waals surface area contributed by atoms with Gasteiger partial charge in [0.05, 0.1) is 5.69 Å². The maximum Gasteiger partial charge on any atom is 0.387 e. The number of nitrogens with one attached hydrogen (secondary N) is 1. The molecule has 0 saturated heterocycles. The van der Waals surface area contributed by atoms with Gasteiger partial charge in [-0.15, -0.1) is 0 Å². The first-order valence-corrected chi connectivity index (χ1v) is 5.91. The summed E-state index contributed by atoms with van der Waals surface area (Å²) in [6.07, 6.45) is 1.60. The second-order valence-electron chi connectivity index (χ2n) is 3.72. The van der Waals surface area contributed by atoms with Crippen molar-refractivity contribution in [3.63, 3.8) is 0 Å². The molecule has 1 aromatic carbocycles. The average molecular weight is 285 g/mol. The van der Waals surface area contributed by atoms with E-state index in [0.29, 0.717) is 11.7 Å². The first-order chi connectivity index (χ1) is 9.15. The number of alkyl halides is 2. The van der Waals surface area contributed by atoms with Crippen molar-refractivity contribution in [2.75, 3.05) is 5.32 Å². The van der Waals surface area contributed by atoms with Crippen LogP contribution in [0.15, 0.2) is 42.6 Å². The van der Waals surface area contributed by atoms with Crippen molar-refractivity contribution in [3.8, 4) is 5.75 Å². The number of pyridine rings is 1. The average Bonchev–Trinajstić information content (AvgIpc) is 2.39. The van der Waals surface area contributed by atoms with Crippen molar-refractivity contribution in [1.82, 2.24) is 4.98 Å². The molecule has 0 amide bonds. The number of benzene rings is 1. The van der Waals surface area contributed by atoms with Gasteiger partial charge in [-0.1, -0.05) is 23.7 Å². The summed E-state index contributed by atoms with van der Waals surface area (Å²) in [6, 6.07) is 9.98. The zero-order chi connectivity index (χ0) is 13.7. The number of hydrogen-bond acceptors (Lipinski definition) is 3. The Bertz CT molecular complexity index is 534. The van der Waals surface area contributed by atoms with Crippen molar-refractivity contribution in [2.45, 2.75) is 13.2 Å². The number of hydrogen-bond donors (Lipinski definition) is 1. The minimum absolute atomic E-state index is 0.137. The Morgan fingerprint density at radius 2 is 1.95 bits per heavy atom. The molecule has 1 heterocycles. The third-order valence-electron chi connectivity index (χ3n) is 2.39. The van der Waals surface area contributed by atoms with Crippen LogP contribution in [0.2, 0.25) is 5.15 Å². The van der Waals surface area contributed by atoms with Crippen LogP contribution in [0.25, 0.3) is 0 Å². The number of halogens is 3.